The maximum atomic E-state index is 11.5. The van der Waals surface area contributed by atoms with E-state index < -0.39 is 6.10 Å². The van der Waals surface area contributed by atoms with E-state index in [9.17, 15) is 15.0 Å². The molecule has 1 aromatic carbocycles. The fraction of sp³-hybridized carbons (Fsp3) is 0.438. The third kappa shape index (κ3) is 5.36. The van der Waals surface area contributed by atoms with Crippen LogP contribution in [0.25, 0.3) is 0 Å². The molecule has 0 saturated heterocycles. The summed E-state index contributed by atoms with van der Waals surface area (Å²) in [6.07, 6.45) is 1.29. The van der Waals surface area contributed by atoms with Crippen molar-refractivity contribution in [2.24, 2.45) is 0 Å². The van der Waals surface area contributed by atoms with E-state index in [0.717, 1.165) is 0 Å². The molecular weight excluding hydrogens is 304 g/mol. The highest BCUT2D eigenvalue weighted by molar-refractivity contribution is 7.99. The number of thioether (sulfide) groups is 1. The number of rotatable bonds is 10. The molecule has 0 spiro atoms. The van der Waals surface area contributed by atoms with E-state index in [1.165, 1.54) is 24.8 Å². The Bertz CT molecular complexity index is 516. The second kappa shape index (κ2) is 9.50. The molecule has 1 rings (SSSR count). The molecule has 1 aromatic rings. The van der Waals surface area contributed by atoms with Gasteiger partial charge in [-0.2, -0.15) is 11.8 Å². The Balaban J connectivity index is 2.79. The van der Waals surface area contributed by atoms with Crippen LogP contribution in [0.15, 0.2) is 24.8 Å². The van der Waals surface area contributed by atoms with Crippen LogP contribution < -0.4 is 4.74 Å². The Morgan fingerprint density at radius 2 is 2.23 bits per heavy atom. The minimum absolute atomic E-state index is 0.0709. The van der Waals surface area contributed by atoms with E-state index in [1.54, 1.807) is 12.1 Å². The highest BCUT2D eigenvalue weighted by atomic mass is 32.2. The average molecular weight is 326 g/mol. The van der Waals surface area contributed by atoms with Gasteiger partial charge in [-0.3, -0.25) is 4.79 Å². The summed E-state index contributed by atoms with van der Waals surface area (Å²) >= 11 is 1.43. The van der Waals surface area contributed by atoms with Gasteiger partial charge in [0.2, 0.25) is 0 Å². The van der Waals surface area contributed by atoms with Gasteiger partial charge in [0.15, 0.2) is 5.78 Å². The molecule has 0 heterocycles. The zero-order valence-corrected chi connectivity index (χ0v) is 13.4. The molecule has 0 aliphatic heterocycles. The maximum absolute atomic E-state index is 11.5. The van der Waals surface area contributed by atoms with Gasteiger partial charge >= 0.3 is 0 Å². The summed E-state index contributed by atoms with van der Waals surface area (Å²) in [6, 6.07) is 3.12. The number of carbonyl (C=O) groups is 1. The molecule has 0 fully saturated rings. The Morgan fingerprint density at radius 3 is 2.82 bits per heavy atom. The third-order valence-electron chi connectivity index (χ3n) is 2.94. The number of hydrogen-bond acceptors (Lipinski definition) is 6. The van der Waals surface area contributed by atoms with E-state index >= 15 is 0 Å². The topological polar surface area (TPSA) is 87.0 Å². The van der Waals surface area contributed by atoms with Gasteiger partial charge in [0.1, 0.15) is 18.1 Å². The second-order valence-corrected chi connectivity index (χ2v) is 5.90. The number of aromatic hydroxyl groups is 1. The zero-order valence-electron chi connectivity index (χ0n) is 12.6. The number of allylic oxidation sites excluding steroid dienone is 1. The summed E-state index contributed by atoms with van der Waals surface area (Å²) in [7, 11) is 0. The summed E-state index contributed by atoms with van der Waals surface area (Å²) < 4.78 is 5.55. The smallest absolute Gasteiger partial charge is 0.163 e. The van der Waals surface area contributed by atoms with Crippen LogP contribution in [-0.2, 0) is 6.42 Å². The predicted molar refractivity (Wildman–Crippen MR) is 87.9 cm³/mol. The number of aliphatic hydroxyl groups is 2. The SMILES string of the molecule is C=CCc1c(OCC(O)CSCCO)ccc(C(C)=O)c1O. The van der Waals surface area contributed by atoms with Crippen LogP contribution in [0.5, 0.6) is 11.5 Å². The van der Waals surface area contributed by atoms with E-state index in [2.05, 4.69) is 6.58 Å². The molecule has 0 saturated carbocycles. The van der Waals surface area contributed by atoms with Crippen molar-refractivity contribution in [3.63, 3.8) is 0 Å². The fourth-order valence-electron chi connectivity index (χ4n) is 1.90. The summed E-state index contributed by atoms with van der Waals surface area (Å²) in [4.78, 5) is 11.5. The quantitative estimate of drug-likeness (QED) is 0.345. The van der Waals surface area contributed by atoms with Gasteiger partial charge in [-0.05, 0) is 25.5 Å². The summed E-state index contributed by atoms with van der Waals surface area (Å²) in [6.45, 7) is 5.16. The van der Waals surface area contributed by atoms with Gasteiger partial charge in [0.25, 0.3) is 0 Å². The lowest BCUT2D eigenvalue weighted by atomic mass is 10.0. The maximum Gasteiger partial charge on any atom is 0.163 e. The molecule has 0 aromatic heterocycles. The number of ether oxygens (including phenoxy) is 1. The highest BCUT2D eigenvalue weighted by Crippen LogP contribution is 2.32. The van der Waals surface area contributed by atoms with Gasteiger partial charge in [-0.25, -0.2) is 0 Å². The van der Waals surface area contributed by atoms with Crippen molar-refractivity contribution in [3.05, 3.63) is 35.9 Å². The van der Waals surface area contributed by atoms with Gasteiger partial charge in [0.05, 0.1) is 18.3 Å². The van der Waals surface area contributed by atoms with Gasteiger partial charge in [0, 0.05) is 17.1 Å². The van der Waals surface area contributed by atoms with Crippen LogP contribution in [0.4, 0.5) is 0 Å². The number of phenols is 1. The molecule has 0 bridgehead atoms. The van der Waals surface area contributed by atoms with Crippen LogP contribution in [0.1, 0.15) is 22.8 Å². The minimum atomic E-state index is -0.678. The molecule has 0 aliphatic carbocycles. The summed E-state index contributed by atoms with van der Waals surface area (Å²) in [5.74, 6) is 1.11. The monoisotopic (exact) mass is 326 g/mol. The van der Waals surface area contributed by atoms with Crippen LogP contribution in [-0.4, -0.2) is 51.9 Å². The van der Waals surface area contributed by atoms with Crippen molar-refractivity contribution in [2.45, 2.75) is 19.4 Å². The van der Waals surface area contributed by atoms with E-state index in [-0.39, 0.29) is 30.3 Å². The first-order valence-corrected chi connectivity index (χ1v) is 8.12. The Kier molecular flexibility index (Phi) is 8.01. The summed E-state index contributed by atoms with van der Waals surface area (Å²) in [5, 5.41) is 28.7. The highest BCUT2D eigenvalue weighted by Gasteiger charge is 2.16. The molecule has 6 heteroatoms. The number of benzene rings is 1. The third-order valence-corrected chi connectivity index (χ3v) is 4.04. The van der Waals surface area contributed by atoms with Crippen LogP contribution in [0, 0.1) is 0 Å². The van der Waals surface area contributed by atoms with Crippen molar-refractivity contribution in [1.82, 2.24) is 0 Å². The molecule has 122 valence electrons. The number of ketones is 1. The molecule has 0 aliphatic rings. The largest absolute Gasteiger partial charge is 0.507 e. The number of hydrogen-bond donors (Lipinski definition) is 3. The van der Waals surface area contributed by atoms with Crippen molar-refractivity contribution in [3.8, 4) is 11.5 Å². The zero-order chi connectivity index (χ0) is 16.5. The first-order chi connectivity index (χ1) is 10.5. The Hall–Kier alpha value is -1.50. The van der Waals surface area contributed by atoms with Gasteiger partial charge in [-0.1, -0.05) is 6.08 Å². The standard InChI is InChI=1S/C16H22O5S/c1-3-4-14-15(6-5-13(11(2)18)16(14)20)21-9-12(19)10-22-8-7-17/h3,5-6,12,17,19-20H,1,4,7-10H2,2H3. The molecule has 5 nitrogen and oxygen atoms in total. The lowest BCUT2D eigenvalue weighted by molar-refractivity contribution is 0.101. The van der Waals surface area contributed by atoms with Crippen molar-refractivity contribution < 1.29 is 24.9 Å². The van der Waals surface area contributed by atoms with Gasteiger partial charge in [-0.15, -0.1) is 6.58 Å². The molecule has 1 unspecified atom stereocenters. The van der Waals surface area contributed by atoms with Crippen LogP contribution >= 0.6 is 11.8 Å². The predicted octanol–water partition coefficient (Wildman–Crippen LogP) is 1.79. The molecule has 3 N–H and O–H groups in total. The van der Waals surface area contributed by atoms with Crippen LogP contribution in [0.2, 0.25) is 0 Å². The van der Waals surface area contributed by atoms with Crippen molar-refractivity contribution in [2.75, 3.05) is 24.7 Å². The van der Waals surface area contributed by atoms with Crippen molar-refractivity contribution in [1.29, 1.82) is 0 Å². The molecule has 0 amide bonds. The summed E-state index contributed by atoms with van der Waals surface area (Å²) in [5.41, 5.74) is 0.723. The second-order valence-electron chi connectivity index (χ2n) is 4.75. The lowest BCUT2D eigenvalue weighted by Gasteiger charge is -2.16. The average Bonchev–Trinajstić information content (AvgIpc) is 2.48. The van der Waals surface area contributed by atoms with E-state index in [0.29, 0.717) is 29.2 Å². The fourth-order valence-corrected chi connectivity index (χ4v) is 2.56. The van der Waals surface area contributed by atoms with Crippen LogP contribution in [0.3, 0.4) is 0 Å². The first-order valence-electron chi connectivity index (χ1n) is 6.97. The number of aliphatic hydroxyl groups excluding tert-OH is 2. The number of carbonyl (C=O) groups excluding carboxylic acids is 1. The number of phenolic OH excluding ortho intramolecular Hbond substituents is 1. The normalized spacial score (nSPS) is 12.0. The molecule has 0 radical (unpaired) electrons. The Labute approximate surface area is 134 Å². The molecule has 22 heavy (non-hydrogen) atoms. The minimum Gasteiger partial charge on any atom is -0.507 e. The lowest BCUT2D eigenvalue weighted by Crippen LogP contribution is -2.21. The molecular formula is C16H22O5S. The van der Waals surface area contributed by atoms with E-state index in [1.807, 2.05) is 0 Å². The number of Topliss-reactive ketones (excluding diaryl/α,β-unsaturated/α-hetero) is 1. The Morgan fingerprint density at radius 1 is 1.50 bits per heavy atom. The first kappa shape index (κ1) is 18.5. The van der Waals surface area contributed by atoms with E-state index in [4.69, 9.17) is 9.84 Å². The van der Waals surface area contributed by atoms with Crippen molar-refractivity contribution >= 4 is 17.5 Å². The molecule has 1 atom stereocenters. The van der Waals surface area contributed by atoms with Gasteiger partial charge < -0.3 is 20.1 Å².